The Labute approximate surface area is 125 Å². The minimum absolute atomic E-state index is 0.138. The van der Waals surface area contributed by atoms with Crippen LogP contribution in [0.25, 0.3) is 5.57 Å². The smallest absolute Gasteiger partial charge is 0.333 e. The number of likely N-dealkylation sites (N-methyl/N-ethyl adjacent to an activating group) is 2. The minimum Gasteiger partial charge on any atom is -0.430 e. The summed E-state index contributed by atoms with van der Waals surface area (Å²) in [5.41, 5.74) is -1.49. The van der Waals surface area contributed by atoms with Gasteiger partial charge in [0.2, 0.25) is 0 Å². The molecule has 1 aromatic rings. The fourth-order valence-corrected chi connectivity index (χ4v) is 2.64. The topological polar surface area (TPSA) is 84.0 Å². The quantitative estimate of drug-likeness (QED) is 0.554. The minimum atomic E-state index is -2.13. The van der Waals surface area contributed by atoms with Crippen LogP contribution in [0.3, 0.4) is 0 Å². The van der Waals surface area contributed by atoms with Crippen molar-refractivity contribution in [3.05, 3.63) is 42.0 Å². The van der Waals surface area contributed by atoms with Gasteiger partial charge in [0.05, 0.1) is 0 Å². The highest BCUT2D eigenvalue weighted by Crippen LogP contribution is 2.40. The van der Waals surface area contributed by atoms with Crippen molar-refractivity contribution in [3.63, 3.8) is 0 Å². The van der Waals surface area contributed by atoms with Gasteiger partial charge in [-0.2, -0.15) is 0 Å². The highest BCUT2D eigenvalue weighted by Gasteiger charge is 2.63. The van der Waals surface area contributed by atoms with Crippen molar-refractivity contribution >= 4 is 29.4 Å². The van der Waals surface area contributed by atoms with Crippen LogP contribution in [0.2, 0.25) is 0 Å². The maximum absolute atomic E-state index is 12.6. The number of esters is 1. The maximum Gasteiger partial charge on any atom is 0.333 e. The first-order valence-electron chi connectivity index (χ1n) is 6.50. The lowest BCUT2D eigenvalue weighted by Crippen LogP contribution is -2.67. The molecule has 7 nitrogen and oxygen atoms in total. The molecule has 2 aliphatic heterocycles. The van der Waals surface area contributed by atoms with E-state index in [0.717, 1.165) is 15.9 Å². The number of hydrogen-bond donors (Lipinski definition) is 0. The molecule has 0 unspecified atom stereocenters. The average molecular weight is 300 g/mol. The van der Waals surface area contributed by atoms with Crippen molar-refractivity contribution in [2.45, 2.75) is 5.60 Å². The summed E-state index contributed by atoms with van der Waals surface area (Å²) in [5, 5.41) is 0. The van der Waals surface area contributed by atoms with E-state index < -0.39 is 29.4 Å². The van der Waals surface area contributed by atoms with Crippen LogP contribution in [0, 0.1) is 0 Å². The van der Waals surface area contributed by atoms with E-state index >= 15 is 0 Å². The van der Waals surface area contributed by atoms with Gasteiger partial charge in [-0.1, -0.05) is 30.3 Å². The van der Waals surface area contributed by atoms with E-state index in [9.17, 15) is 19.2 Å². The standard InChI is InChI=1S/C15H12N2O5/c1-16-12(19)15(13(20)17(2)14(16)21)10(8-11(18)22-15)9-6-4-3-5-7-9/h3-8H,1-2H3. The second kappa shape index (κ2) is 4.52. The van der Waals surface area contributed by atoms with Gasteiger partial charge < -0.3 is 4.74 Å². The number of rotatable bonds is 1. The Kier molecular flexibility index (Phi) is 2.88. The predicted molar refractivity (Wildman–Crippen MR) is 74.2 cm³/mol. The van der Waals surface area contributed by atoms with E-state index in [4.69, 9.17) is 4.74 Å². The fraction of sp³-hybridized carbons (Fsp3) is 0.200. The van der Waals surface area contributed by atoms with E-state index in [1.807, 2.05) is 0 Å². The lowest BCUT2D eigenvalue weighted by atomic mass is 9.85. The Hall–Kier alpha value is -2.96. The molecule has 1 aromatic carbocycles. The summed E-state index contributed by atoms with van der Waals surface area (Å²) < 4.78 is 5.10. The van der Waals surface area contributed by atoms with Gasteiger partial charge >= 0.3 is 12.0 Å². The molecule has 0 saturated carbocycles. The molecule has 2 aliphatic rings. The number of amides is 4. The van der Waals surface area contributed by atoms with Crippen LogP contribution in [0.5, 0.6) is 0 Å². The summed E-state index contributed by atoms with van der Waals surface area (Å²) in [4.78, 5) is 50.3. The molecule has 0 radical (unpaired) electrons. The van der Waals surface area contributed by atoms with Crippen molar-refractivity contribution in [3.8, 4) is 0 Å². The molecule has 0 bridgehead atoms. The van der Waals surface area contributed by atoms with Crippen LogP contribution in [0.4, 0.5) is 4.79 Å². The second-order valence-electron chi connectivity index (χ2n) is 5.04. The number of hydrogen-bond acceptors (Lipinski definition) is 5. The molecular weight excluding hydrogens is 288 g/mol. The van der Waals surface area contributed by atoms with E-state index in [-0.39, 0.29) is 5.57 Å². The molecule has 112 valence electrons. The molecule has 0 aromatic heterocycles. The van der Waals surface area contributed by atoms with E-state index in [2.05, 4.69) is 0 Å². The van der Waals surface area contributed by atoms with Gasteiger partial charge in [0.25, 0.3) is 17.4 Å². The fourth-order valence-electron chi connectivity index (χ4n) is 2.64. The molecule has 0 N–H and O–H groups in total. The van der Waals surface area contributed by atoms with Gasteiger partial charge in [-0.15, -0.1) is 0 Å². The normalized spacial score (nSPS) is 20.5. The van der Waals surface area contributed by atoms with Gasteiger partial charge in [0.1, 0.15) is 0 Å². The maximum atomic E-state index is 12.6. The molecule has 4 amide bonds. The van der Waals surface area contributed by atoms with Crippen LogP contribution < -0.4 is 0 Å². The largest absolute Gasteiger partial charge is 0.430 e. The predicted octanol–water partition coefficient (Wildman–Crippen LogP) is 0.416. The third-order valence-corrected chi connectivity index (χ3v) is 3.77. The third kappa shape index (κ3) is 1.62. The molecule has 22 heavy (non-hydrogen) atoms. The zero-order valence-corrected chi connectivity index (χ0v) is 11.9. The summed E-state index contributed by atoms with van der Waals surface area (Å²) in [5.74, 6) is -2.54. The number of imide groups is 2. The molecule has 1 fully saturated rings. The van der Waals surface area contributed by atoms with Gasteiger partial charge in [-0.3, -0.25) is 19.4 Å². The van der Waals surface area contributed by atoms with E-state index in [1.165, 1.54) is 14.1 Å². The van der Waals surface area contributed by atoms with E-state index in [1.54, 1.807) is 30.3 Å². The number of carbonyl (C=O) groups is 4. The Morgan fingerprint density at radius 3 is 2.00 bits per heavy atom. The summed E-state index contributed by atoms with van der Waals surface area (Å²) in [6, 6.07) is 7.74. The van der Waals surface area contributed by atoms with Crippen molar-refractivity contribution in [2.24, 2.45) is 0 Å². The Morgan fingerprint density at radius 2 is 1.45 bits per heavy atom. The first kappa shape index (κ1) is 14.0. The van der Waals surface area contributed by atoms with Crippen LogP contribution in [0.1, 0.15) is 5.56 Å². The molecular formula is C15H12N2O5. The first-order valence-corrected chi connectivity index (χ1v) is 6.50. The van der Waals surface area contributed by atoms with Crippen molar-refractivity contribution in [1.82, 2.24) is 9.80 Å². The Balaban J connectivity index is 2.21. The van der Waals surface area contributed by atoms with Crippen molar-refractivity contribution in [1.29, 1.82) is 0 Å². The summed E-state index contributed by atoms with van der Waals surface area (Å²) in [6.45, 7) is 0. The number of carbonyl (C=O) groups excluding carboxylic acids is 4. The molecule has 3 rings (SSSR count). The number of urea groups is 1. The highest BCUT2D eigenvalue weighted by molar-refractivity contribution is 6.31. The van der Waals surface area contributed by atoms with Crippen LogP contribution in [-0.2, 0) is 19.1 Å². The number of ether oxygens (including phenoxy) is 1. The molecule has 1 saturated heterocycles. The van der Waals surface area contributed by atoms with Gasteiger partial charge in [0.15, 0.2) is 0 Å². The van der Waals surface area contributed by atoms with Crippen LogP contribution in [0.15, 0.2) is 36.4 Å². The third-order valence-electron chi connectivity index (χ3n) is 3.77. The second-order valence-corrected chi connectivity index (χ2v) is 5.04. The zero-order valence-electron chi connectivity index (χ0n) is 11.9. The van der Waals surface area contributed by atoms with E-state index in [0.29, 0.717) is 5.56 Å². The summed E-state index contributed by atoms with van der Waals surface area (Å²) >= 11 is 0. The first-order chi connectivity index (χ1) is 10.4. The van der Waals surface area contributed by atoms with Crippen LogP contribution >= 0.6 is 0 Å². The zero-order chi connectivity index (χ0) is 16.1. The molecule has 1 spiro atoms. The number of nitrogens with zero attached hydrogens (tertiary/aromatic N) is 2. The van der Waals surface area contributed by atoms with Gasteiger partial charge in [0, 0.05) is 25.7 Å². The lowest BCUT2D eigenvalue weighted by Gasteiger charge is -2.39. The molecule has 0 atom stereocenters. The number of barbiturate groups is 1. The van der Waals surface area contributed by atoms with Crippen molar-refractivity contribution in [2.75, 3.05) is 14.1 Å². The molecule has 7 heteroatoms. The van der Waals surface area contributed by atoms with Crippen molar-refractivity contribution < 1.29 is 23.9 Å². The monoisotopic (exact) mass is 300 g/mol. The van der Waals surface area contributed by atoms with Gasteiger partial charge in [-0.05, 0) is 5.56 Å². The SMILES string of the molecule is CN1C(=O)N(C)C(=O)C2(OC(=O)C=C2c2ccccc2)C1=O. The average Bonchev–Trinajstić information content (AvgIpc) is 2.89. The van der Waals surface area contributed by atoms with Crippen LogP contribution in [-0.4, -0.2) is 53.3 Å². The molecule has 0 aliphatic carbocycles. The lowest BCUT2D eigenvalue weighted by molar-refractivity contribution is -0.172. The summed E-state index contributed by atoms with van der Waals surface area (Å²) in [7, 11) is 2.48. The number of benzene rings is 1. The van der Waals surface area contributed by atoms with Gasteiger partial charge in [-0.25, -0.2) is 9.59 Å². The molecule has 2 heterocycles. The highest BCUT2D eigenvalue weighted by atomic mass is 16.6. The Morgan fingerprint density at radius 1 is 0.909 bits per heavy atom. The summed E-state index contributed by atoms with van der Waals surface area (Å²) in [6.07, 6.45) is 1.11. The Bertz CT molecular complexity index is 714.